The molecule has 1 aliphatic rings. The van der Waals surface area contributed by atoms with Crippen molar-refractivity contribution in [3.63, 3.8) is 0 Å². The lowest BCUT2D eigenvalue weighted by atomic mass is 9.98. The van der Waals surface area contributed by atoms with Crippen LogP contribution in [0.5, 0.6) is 0 Å². The molecule has 1 atom stereocenters. The van der Waals surface area contributed by atoms with Gasteiger partial charge in [0.25, 0.3) is 0 Å². The van der Waals surface area contributed by atoms with Crippen LogP contribution < -0.4 is 0 Å². The fourth-order valence-corrected chi connectivity index (χ4v) is 2.27. The van der Waals surface area contributed by atoms with E-state index in [2.05, 4.69) is 0 Å². The first kappa shape index (κ1) is 19.9. The molecule has 26 heavy (non-hydrogen) atoms. The van der Waals surface area contributed by atoms with E-state index in [0.29, 0.717) is 12.1 Å². The zero-order chi connectivity index (χ0) is 19.7. The number of ketones is 1. The van der Waals surface area contributed by atoms with Crippen molar-refractivity contribution < 1.29 is 40.6 Å². The Morgan fingerprint density at radius 2 is 1.50 bits per heavy atom. The van der Waals surface area contributed by atoms with Crippen LogP contribution in [0.25, 0.3) is 0 Å². The third-order valence-electron chi connectivity index (χ3n) is 3.71. The van der Waals surface area contributed by atoms with E-state index < -0.39 is 36.0 Å². The first-order valence-corrected chi connectivity index (χ1v) is 7.34. The van der Waals surface area contributed by atoms with Crippen LogP contribution in [0, 0.1) is 5.92 Å². The summed E-state index contributed by atoms with van der Waals surface area (Å²) in [6.45, 7) is 0.942. The van der Waals surface area contributed by atoms with Crippen LogP contribution in [-0.2, 0) is 33.2 Å². The zero-order valence-electron chi connectivity index (χ0n) is 13.7. The number of halogens is 6. The van der Waals surface area contributed by atoms with E-state index in [1.165, 1.54) is 26.2 Å². The van der Waals surface area contributed by atoms with E-state index >= 15 is 0 Å². The zero-order valence-corrected chi connectivity index (χ0v) is 13.7. The number of rotatable bonds is 4. The Morgan fingerprint density at radius 3 is 1.96 bits per heavy atom. The summed E-state index contributed by atoms with van der Waals surface area (Å²) >= 11 is 0. The van der Waals surface area contributed by atoms with Gasteiger partial charge in [-0.15, -0.1) is 0 Å². The normalized spacial score (nSPS) is 18.3. The van der Waals surface area contributed by atoms with E-state index in [1.807, 2.05) is 0 Å². The molecule has 9 heteroatoms. The summed E-state index contributed by atoms with van der Waals surface area (Å²) in [5.74, 6) is -0.787. The maximum Gasteiger partial charge on any atom is 0.416 e. The maximum atomic E-state index is 12.9. The Morgan fingerprint density at radius 1 is 0.962 bits per heavy atom. The second kappa shape index (κ2) is 7.05. The van der Waals surface area contributed by atoms with Gasteiger partial charge in [0.2, 0.25) is 0 Å². The van der Waals surface area contributed by atoms with Crippen LogP contribution in [-0.4, -0.2) is 12.9 Å². The fourth-order valence-electron chi connectivity index (χ4n) is 2.27. The molecule has 0 saturated heterocycles. The second-order valence-corrected chi connectivity index (χ2v) is 5.62. The Kier molecular flexibility index (Phi) is 5.39. The topological polar surface area (TPSA) is 35.5 Å². The van der Waals surface area contributed by atoms with Crippen LogP contribution in [0.4, 0.5) is 26.3 Å². The van der Waals surface area contributed by atoms with Gasteiger partial charge in [-0.05, 0) is 30.7 Å². The van der Waals surface area contributed by atoms with Crippen molar-refractivity contribution in [3.8, 4) is 0 Å². The summed E-state index contributed by atoms with van der Waals surface area (Å²) in [5, 5.41) is 0. The van der Waals surface area contributed by atoms with Gasteiger partial charge in [0.05, 0.1) is 24.2 Å². The molecule has 142 valence electrons. The first-order chi connectivity index (χ1) is 11.9. The number of hydrogen-bond donors (Lipinski definition) is 0. The smallest absolute Gasteiger partial charge is 0.416 e. The highest BCUT2D eigenvalue weighted by molar-refractivity contribution is 5.95. The lowest BCUT2D eigenvalue weighted by molar-refractivity contribution is -0.143. The molecule has 0 bridgehead atoms. The molecule has 0 radical (unpaired) electrons. The average molecular weight is 380 g/mol. The summed E-state index contributed by atoms with van der Waals surface area (Å²) in [5.41, 5.74) is -3.17. The van der Waals surface area contributed by atoms with Gasteiger partial charge >= 0.3 is 12.4 Å². The minimum atomic E-state index is -4.94. The van der Waals surface area contributed by atoms with Gasteiger partial charge in [-0.25, -0.2) is 0 Å². The molecule has 1 aromatic rings. The summed E-state index contributed by atoms with van der Waals surface area (Å²) in [4.78, 5) is 11.8. The van der Waals surface area contributed by atoms with Gasteiger partial charge in [0, 0.05) is 12.2 Å². The number of carbonyl (C=O) groups is 1. The number of benzene rings is 1. The molecule has 2 rings (SSSR count). The molecule has 0 heterocycles. The lowest BCUT2D eigenvalue weighted by Crippen LogP contribution is -2.18. The minimum Gasteiger partial charge on any atom is -0.497 e. The lowest BCUT2D eigenvalue weighted by Gasteiger charge is -2.20. The third kappa shape index (κ3) is 4.59. The van der Waals surface area contributed by atoms with E-state index in [9.17, 15) is 31.1 Å². The monoisotopic (exact) mass is 380 g/mol. The Hall–Kier alpha value is -2.45. The highest BCUT2D eigenvalue weighted by Gasteiger charge is 2.37. The van der Waals surface area contributed by atoms with Crippen molar-refractivity contribution >= 4 is 5.78 Å². The SMILES string of the molecule is COC1=CC(=O)C(C)C(OCc2cc(C(F)(F)F)cc(C(F)(F)F)c2)=C1. The number of hydrogen-bond acceptors (Lipinski definition) is 3. The molecule has 0 N–H and O–H groups in total. The van der Waals surface area contributed by atoms with Crippen molar-refractivity contribution in [2.24, 2.45) is 5.92 Å². The van der Waals surface area contributed by atoms with Crippen LogP contribution in [0.1, 0.15) is 23.6 Å². The molecule has 1 aromatic carbocycles. The van der Waals surface area contributed by atoms with Crippen LogP contribution in [0.3, 0.4) is 0 Å². The first-order valence-electron chi connectivity index (χ1n) is 7.34. The minimum absolute atomic E-state index is 0.0429. The molecule has 1 unspecified atom stereocenters. The average Bonchev–Trinajstić information content (AvgIpc) is 2.54. The standard InChI is InChI=1S/C17H14F6O3/c1-9-14(24)6-13(25-2)7-15(9)26-8-10-3-11(16(18,19)20)5-12(4-10)17(21,22)23/h3-7,9H,8H2,1-2H3. The number of alkyl halides is 6. The van der Waals surface area contributed by atoms with Crippen molar-refractivity contribution in [2.45, 2.75) is 25.9 Å². The molecule has 0 fully saturated rings. The van der Waals surface area contributed by atoms with Crippen LogP contribution in [0.2, 0.25) is 0 Å². The van der Waals surface area contributed by atoms with Gasteiger partial charge < -0.3 is 9.47 Å². The van der Waals surface area contributed by atoms with E-state index in [0.717, 1.165) is 0 Å². The van der Waals surface area contributed by atoms with Crippen molar-refractivity contribution in [3.05, 3.63) is 58.6 Å². The maximum absolute atomic E-state index is 12.9. The van der Waals surface area contributed by atoms with E-state index in [4.69, 9.17) is 9.47 Å². The van der Waals surface area contributed by atoms with E-state index in [-0.39, 0.29) is 28.9 Å². The quantitative estimate of drug-likeness (QED) is 0.699. The number of allylic oxidation sites excluding steroid dienone is 3. The summed E-state index contributed by atoms with van der Waals surface area (Å²) in [6, 6.07) is 1.21. The molecule has 0 amide bonds. The Labute approximate surface area is 144 Å². The van der Waals surface area contributed by atoms with Crippen molar-refractivity contribution in [1.82, 2.24) is 0 Å². The summed E-state index contributed by atoms with van der Waals surface area (Å²) in [6.07, 6.45) is -7.28. The molecule has 0 spiro atoms. The second-order valence-electron chi connectivity index (χ2n) is 5.62. The molecule has 0 saturated carbocycles. The fraction of sp³-hybridized carbons (Fsp3) is 0.353. The van der Waals surface area contributed by atoms with Gasteiger partial charge in [-0.3, -0.25) is 4.79 Å². The van der Waals surface area contributed by atoms with Crippen LogP contribution in [0.15, 0.2) is 41.9 Å². The van der Waals surface area contributed by atoms with Gasteiger partial charge in [0.15, 0.2) is 5.78 Å². The van der Waals surface area contributed by atoms with E-state index in [1.54, 1.807) is 0 Å². The molecule has 0 aromatic heterocycles. The number of carbonyl (C=O) groups excluding carboxylic acids is 1. The predicted octanol–water partition coefficient (Wildman–Crippen LogP) is 4.87. The molecular weight excluding hydrogens is 366 g/mol. The van der Waals surface area contributed by atoms with Gasteiger partial charge in [0.1, 0.15) is 18.1 Å². The van der Waals surface area contributed by atoms with Crippen molar-refractivity contribution in [2.75, 3.05) is 7.11 Å². The molecule has 3 nitrogen and oxygen atoms in total. The molecule has 0 aliphatic heterocycles. The Balaban J connectivity index is 2.30. The number of methoxy groups -OCH3 is 1. The third-order valence-corrected chi connectivity index (χ3v) is 3.71. The summed E-state index contributed by atoms with van der Waals surface area (Å²) in [7, 11) is 1.31. The van der Waals surface area contributed by atoms with Crippen LogP contribution >= 0.6 is 0 Å². The van der Waals surface area contributed by atoms with Gasteiger partial charge in [-0.1, -0.05) is 0 Å². The van der Waals surface area contributed by atoms with Crippen molar-refractivity contribution in [1.29, 1.82) is 0 Å². The summed E-state index contributed by atoms with van der Waals surface area (Å²) < 4.78 is 87.3. The molecule has 1 aliphatic carbocycles. The Bertz CT molecular complexity index is 726. The largest absolute Gasteiger partial charge is 0.497 e. The van der Waals surface area contributed by atoms with Gasteiger partial charge in [-0.2, -0.15) is 26.3 Å². The molecular formula is C17H14F6O3. The highest BCUT2D eigenvalue weighted by atomic mass is 19.4. The number of ether oxygens (including phenoxy) is 2. The predicted molar refractivity (Wildman–Crippen MR) is 78.6 cm³/mol. The highest BCUT2D eigenvalue weighted by Crippen LogP contribution is 2.36.